The lowest BCUT2D eigenvalue weighted by Crippen LogP contribution is -2.30. The number of hydrogen-bond acceptors (Lipinski definition) is 6. The van der Waals surface area contributed by atoms with E-state index in [1.807, 2.05) is 0 Å². The average molecular weight is 1070 g/mol. The van der Waals surface area contributed by atoms with E-state index in [2.05, 4.69) is 106 Å². The number of esters is 3. The zero-order chi connectivity index (χ0) is 55.7. The van der Waals surface area contributed by atoms with Gasteiger partial charge in [-0.05, 0) is 96.3 Å². The normalized spacial score (nSPS) is 12.6. The molecule has 0 aliphatic heterocycles. The summed E-state index contributed by atoms with van der Waals surface area (Å²) in [5.41, 5.74) is 0. The predicted molar refractivity (Wildman–Crippen MR) is 334 cm³/mol. The minimum atomic E-state index is -0.785. The van der Waals surface area contributed by atoms with Crippen molar-refractivity contribution in [1.29, 1.82) is 0 Å². The van der Waals surface area contributed by atoms with Crippen LogP contribution in [0.15, 0.2) is 85.1 Å². The minimum Gasteiger partial charge on any atom is -0.462 e. The number of carbonyl (C=O) groups excluding carboxylic acids is 3. The Morgan fingerprint density at radius 1 is 0.273 bits per heavy atom. The molecule has 0 bridgehead atoms. The molecule has 1 unspecified atom stereocenters. The van der Waals surface area contributed by atoms with Crippen molar-refractivity contribution in [3.05, 3.63) is 85.1 Å². The molecule has 6 nitrogen and oxygen atoms in total. The highest BCUT2D eigenvalue weighted by Crippen LogP contribution is 2.17. The summed E-state index contributed by atoms with van der Waals surface area (Å²) in [7, 11) is 0. The fourth-order valence-electron chi connectivity index (χ4n) is 9.44. The molecule has 0 aromatic rings. The van der Waals surface area contributed by atoms with Gasteiger partial charge in [0.1, 0.15) is 13.2 Å². The van der Waals surface area contributed by atoms with E-state index >= 15 is 0 Å². The van der Waals surface area contributed by atoms with E-state index < -0.39 is 6.10 Å². The van der Waals surface area contributed by atoms with Gasteiger partial charge in [-0.15, -0.1) is 0 Å². The van der Waals surface area contributed by atoms with E-state index in [0.29, 0.717) is 19.3 Å². The summed E-state index contributed by atoms with van der Waals surface area (Å²) in [6.45, 7) is 6.51. The molecule has 0 amide bonds. The first kappa shape index (κ1) is 73.6. The van der Waals surface area contributed by atoms with Gasteiger partial charge in [-0.1, -0.05) is 298 Å². The Kier molecular flexibility index (Phi) is 62.2. The monoisotopic (exact) mass is 1070 g/mol. The number of unbranched alkanes of at least 4 members (excludes halogenated alkanes) is 35. The molecule has 0 rings (SSSR count). The van der Waals surface area contributed by atoms with Gasteiger partial charge in [-0.25, -0.2) is 0 Å². The van der Waals surface area contributed by atoms with Crippen molar-refractivity contribution in [1.82, 2.24) is 0 Å². The summed E-state index contributed by atoms with van der Waals surface area (Å²) in [5, 5.41) is 0. The lowest BCUT2D eigenvalue weighted by atomic mass is 10.0. The van der Waals surface area contributed by atoms with Crippen molar-refractivity contribution in [2.24, 2.45) is 0 Å². The van der Waals surface area contributed by atoms with Crippen molar-refractivity contribution in [2.75, 3.05) is 13.2 Å². The van der Waals surface area contributed by atoms with Crippen LogP contribution < -0.4 is 0 Å². The molecule has 6 heteroatoms. The zero-order valence-corrected chi connectivity index (χ0v) is 51.0. The molecule has 0 radical (unpaired) electrons. The molecule has 0 fully saturated rings. The van der Waals surface area contributed by atoms with E-state index in [1.165, 1.54) is 173 Å². The molecule has 0 spiro atoms. The van der Waals surface area contributed by atoms with Crippen molar-refractivity contribution in [3.63, 3.8) is 0 Å². The van der Waals surface area contributed by atoms with Gasteiger partial charge >= 0.3 is 17.9 Å². The molecule has 0 N–H and O–H groups in total. The molecule has 444 valence electrons. The number of carbonyl (C=O) groups is 3. The summed E-state index contributed by atoms with van der Waals surface area (Å²) in [6.07, 6.45) is 86.1. The largest absolute Gasteiger partial charge is 0.462 e. The van der Waals surface area contributed by atoms with Gasteiger partial charge in [0.25, 0.3) is 0 Å². The average Bonchev–Trinajstić information content (AvgIpc) is 3.43. The van der Waals surface area contributed by atoms with Crippen molar-refractivity contribution < 1.29 is 28.6 Å². The van der Waals surface area contributed by atoms with Crippen LogP contribution >= 0.6 is 0 Å². The standard InChI is InChI=1S/C71H124O6/c1-4-7-10-13-16-19-21-23-25-27-29-31-32-33-34-35-36-37-38-40-41-43-45-47-49-52-55-58-61-64-70(73)76-67-68(66-75-69(72)63-60-57-54-51-18-15-12-9-6-3)77-71(74)65-62-59-56-53-50-48-46-44-42-39-30-28-26-24-22-20-17-14-11-8-5-2/h8,11,17,20-21,23-24,26-27,29-30,39,44,46,68H,4-7,9-10,12-16,18-19,22,25,28,31-38,40-43,45,47-67H2,1-3H3/b11-8-,20-17-,23-21-,26-24-,29-27-,39-30-,46-44-. The number of ether oxygens (including phenoxy) is 3. The quantitative estimate of drug-likeness (QED) is 0.0261. The second-order valence-corrected chi connectivity index (χ2v) is 22.0. The summed E-state index contributed by atoms with van der Waals surface area (Å²) < 4.78 is 16.9. The van der Waals surface area contributed by atoms with Crippen LogP contribution in [0.3, 0.4) is 0 Å². The van der Waals surface area contributed by atoms with Gasteiger partial charge in [-0.3, -0.25) is 14.4 Å². The number of hydrogen-bond donors (Lipinski definition) is 0. The van der Waals surface area contributed by atoms with E-state index in [-0.39, 0.29) is 31.1 Å². The molecule has 77 heavy (non-hydrogen) atoms. The molecule has 1 atom stereocenters. The highest BCUT2D eigenvalue weighted by molar-refractivity contribution is 5.71. The number of rotatable bonds is 60. The fraction of sp³-hybridized carbons (Fsp3) is 0.761. The molecule has 0 heterocycles. The molecule has 0 aromatic carbocycles. The third-order valence-corrected chi connectivity index (χ3v) is 14.4. The Morgan fingerprint density at radius 2 is 0.506 bits per heavy atom. The topological polar surface area (TPSA) is 78.9 Å². The lowest BCUT2D eigenvalue weighted by molar-refractivity contribution is -0.167. The first-order chi connectivity index (χ1) is 38.0. The van der Waals surface area contributed by atoms with Gasteiger partial charge in [-0.2, -0.15) is 0 Å². The predicted octanol–water partition coefficient (Wildman–Crippen LogP) is 22.7. The van der Waals surface area contributed by atoms with Crippen molar-refractivity contribution in [2.45, 2.75) is 335 Å². The third-order valence-electron chi connectivity index (χ3n) is 14.4. The van der Waals surface area contributed by atoms with Crippen LogP contribution in [-0.4, -0.2) is 37.2 Å². The Labute approximate surface area is 477 Å². The maximum absolute atomic E-state index is 12.9. The minimum absolute atomic E-state index is 0.0814. The molecular weight excluding hydrogens is 949 g/mol. The van der Waals surface area contributed by atoms with Gasteiger partial charge in [0, 0.05) is 19.3 Å². The van der Waals surface area contributed by atoms with E-state index in [0.717, 1.165) is 116 Å². The van der Waals surface area contributed by atoms with Crippen LogP contribution in [0.5, 0.6) is 0 Å². The Balaban J connectivity index is 4.17. The van der Waals surface area contributed by atoms with Crippen LogP contribution in [0.25, 0.3) is 0 Å². The Hall–Kier alpha value is -3.41. The highest BCUT2D eigenvalue weighted by atomic mass is 16.6. The fourth-order valence-corrected chi connectivity index (χ4v) is 9.44. The molecule has 0 aliphatic carbocycles. The zero-order valence-electron chi connectivity index (χ0n) is 51.0. The smallest absolute Gasteiger partial charge is 0.306 e. The molecule has 0 saturated carbocycles. The van der Waals surface area contributed by atoms with E-state index in [4.69, 9.17) is 14.2 Å². The Bertz CT molecular complexity index is 1470. The Morgan fingerprint density at radius 3 is 0.792 bits per heavy atom. The summed E-state index contributed by atoms with van der Waals surface area (Å²) in [5.74, 6) is -0.890. The SMILES string of the molecule is CC/C=C\C/C=C\C/C=C\C/C=C\C/C=C\CCCCCCCC(=O)OC(COC(=O)CCCCCCCCCCC)COC(=O)CCCCCCCCCCCCCCCCCCC/C=C\C/C=C\CCCCCCC. The van der Waals surface area contributed by atoms with Gasteiger partial charge in [0.05, 0.1) is 0 Å². The maximum Gasteiger partial charge on any atom is 0.306 e. The maximum atomic E-state index is 12.9. The summed E-state index contributed by atoms with van der Waals surface area (Å²) >= 11 is 0. The van der Waals surface area contributed by atoms with Gasteiger partial charge < -0.3 is 14.2 Å². The second-order valence-electron chi connectivity index (χ2n) is 22.0. The van der Waals surface area contributed by atoms with Crippen LogP contribution in [0, 0.1) is 0 Å². The second kappa shape index (κ2) is 65.1. The van der Waals surface area contributed by atoms with Crippen LogP contribution in [0.4, 0.5) is 0 Å². The lowest BCUT2D eigenvalue weighted by Gasteiger charge is -2.18. The van der Waals surface area contributed by atoms with Crippen LogP contribution in [0.2, 0.25) is 0 Å². The number of allylic oxidation sites excluding steroid dienone is 14. The van der Waals surface area contributed by atoms with Crippen LogP contribution in [-0.2, 0) is 28.6 Å². The molecule has 0 aliphatic rings. The van der Waals surface area contributed by atoms with E-state index in [9.17, 15) is 14.4 Å². The molecular formula is C71H124O6. The summed E-state index contributed by atoms with van der Waals surface area (Å²) in [6, 6.07) is 0. The summed E-state index contributed by atoms with van der Waals surface area (Å²) in [4.78, 5) is 38.2. The van der Waals surface area contributed by atoms with Crippen LogP contribution in [0.1, 0.15) is 329 Å². The first-order valence-electron chi connectivity index (χ1n) is 33.1. The third kappa shape index (κ3) is 63.3. The van der Waals surface area contributed by atoms with Crippen molar-refractivity contribution >= 4 is 17.9 Å². The van der Waals surface area contributed by atoms with Gasteiger partial charge in [0.2, 0.25) is 0 Å². The molecule has 0 saturated heterocycles. The highest BCUT2D eigenvalue weighted by Gasteiger charge is 2.19. The first-order valence-corrected chi connectivity index (χ1v) is 33.1. The van der Waals surface area contributed by atoms with E-state index in [1.54, 1.807) is 0 Å². The van der Waals surface area contributed by atoms with Crippen molar-refractivity contribution in [3.8, 4) is 0 Å². The molecule has 0 aromatic heterocycles. The van der Waals surface area contributed by atoms with Gasteiger partial charge in [0.15, 0.2) is 6.10 Å².